The summed E-state index contributed by atoms with van der Waals surface area (Å²) in [5.74, 6) is 1.29. The maximum atomic E-state index is 11.8. The van der Waals surface area contributed by atoms with Crippen molar-refractivity contribution in [1.82, 2.24) is 10.6 Å². The number of rotatable bonds is 8. The van der Waals surface area contributed by atoms with Gasteiger partial charge in [0.1, 0.15) is 12.4 Å². The van der Waals surface area contributed by atoms with Crippen molar-refractivity contribution in [3.8, 4) is 5.75 Å². The van der Waals surface area contributed by atoms with Crippen molar-refractivity contribution in [2.75, 3.05) is 19.7 Å². The van der Waals surface area contributed by atoms with E-state index >= 15 is 0 Å². The number of benzene rings is 2. The van der Waals surface area contributed by atoms with Crippen LogP contribution in [-0.2, 0) is 6.42 Å². The lowest BCUT2D eigenvalue weighted by Gasteiger charge is -2.11. The van der Waals surface area contributed by atoms with Gasteiger partial charge in [0, 0.05) is 11.6 Å². The van der Waals surface area contributed by atoms with E-state index in [1.54, 1.807) is 0 Å². The largest absolute Gasteiger partial charge is 0.492 e. The van der Waals surface area contributed by atoms with Crippen LogP contribution in [0.2, 0.25) is 5.02 Å². The van der Waals surface area contributed by atoms with Gasteiger partial charge in [-0.15, -0.1) is 0 Å². The summed E-state index contributed by atoms with van der Waals surface area (Å²) in [7, 11) is 0. The lowest BCUT2D eigenvalue weighted by Crippen LogP contribution is -2.38. The Morgan fingerprint density at radius 3 is 2.60 bits per heavy atom. The molecule has 5 heteroatoms. The first-order valence-corrected chi connectivity index (χ1v) is 8.91. The van der Waals surface area contributed by atoms with Crippen LogP contribution in [0.5, 0.6) is 5.75 Å². The minimum atomic E-state index is -0.193. The molecule has 0 aliphatic heterocycles. The number of carbonyl (C=O) groups excluding carboxylic acids is 1. The zero-order valence-corrected chi connectivity index (χ0v) is 15.5. The van der Waals surface area contributed by atoms with Gasteiger partial charge in [-0.05, 0) is 47.7 Å². The molecule has 2 aromatic carbocycles. The number of urea groups is 1. The Hall–Kier alpha value is -2.20. The van der Waals surface area contributed by atoms with Crippen LogP contribution < -0.4 is 15.4 Å². The molecule has 0 unspecified atom stereocenters. The lowest BCUT2D eigenvalue weighted by atomic mass is 10.0. The van der Waals surface area contributed by atoms with Crippen LogP contribution in [0.15, 0.2) is 48.5 Å². The summed E-state index contributed by atoms with van der Waals surface area (Å²) < 4.78 is 5.68. The number of halogens is 1. The molecule has 2 amide bonds. The van der Waals surface area contributed by atoms with Crippen molar-refractivity contribution in [3.63, 3.8) is 0 Å². The topological polar surface area (TPSA) is 50.4 Å². The van der Waals surface area contributed by atoms with Crippen LogP contribution in [0.1, 0.15) is 30.9 Å². The predicted octanol–water partition coefficient (Wildman–Crippen LogP) is 4.38. The van der Waals surface area contributed by atoms with E-state index < -0.39 is 0 Å². The number of hydrogen-bond acceptors (Lipinski definition) is 2. The van der Waals surface area contributed by atoms with E-state index in [4.69, 9.17) is 16.3 Å². The molecule has 0 aliphatic carbocycles. The molecule has 0 radical (unpaired) electrons. The van der Waals surface area contributed by atoms with Crippen LogP contribution in [0.25, 0.3) is 0 Å². The fourth-order valence-corrected chi connectivity index (χ4v) is 2.59. The first-order chi connectivity index (χ1) is 12.0. The average molecular weight is 361 g/mol. The van der Waals surface area contributed by atoms with Gasteiger partial charge in [0.2, 0.25) is 0 Å². The molecule has 0 fully saturated rings. The highest BCUT2D eigenvalue weighted by Gasteiger charge is 2.02. The number of hydrogen-bond donors (Lipinski definition) is 2. The fourth-order valence-electron chi connectivity index (χ4n) is 2.37. The zero-order valence-electron chi connectivity index (χ0n) is 14.7. The van der Waals surface area contributed by atoms with Crippen LogP contribution in [-0.4, -0.2) is 25.7 Å². The molecular formula is C20H25ClN2O2. The molecule has 25 heavy (non-hydrogen) atoms. The van der Waals surface area contributed by atoms with Gasteiger partial charge >= 0.3 is 6.03 Å². The zero-order chi connectivity index (χ0) is 18.1. The number of ether oxygens (including phenoxy) is 1. The first-order valence-electron chi connectivity index (χ1n) is 8.53. The normalized spacial score (nSPS) is 10.6. The summed E-state index contributed by atoms with van der Waals surface area (Å²) in [6.45, 7) is 5.74. The quantitative estimate of drug-likeness (QED) is 0.686. The van der Waals surface area contributed by atoms with Crippen molar-refractivity contribution < 1.29 is 9.53 Å². The van der Waals surface area contributed by atoms with E-state index in [0.717, 1.165) is 17.7 Å². The Labute approximate surface area is 154 Å². The predicted molar refractivity (Wildman–Crippen MR) is 103 cm³/mol. The Kier molecular flexibility index (Phi) is 7.61. The molecule has 0 atom stereocenters. The maximum absolute atomic E-state index is 11.8. The molecule has 2 rings (SSSR count). The number of carbonyl (C=O) groups is 1. The second kappa shape index (κ2) is 9.94. The summed E-state index contributed by atoms with van der Waals surface area (Å²) in [5, 5.41) is 6.32. The Balaban J connectivity index is 1.61. The highest BCUT2D eigenvalue weighted by Crippen LogP contribution is 2.19. The van der Waals surface area contributed by atoms with Crippen molar-refractivity contribution in [2.45, 2.75) is 26.2 Å². The van der Waals surface area contributed by atoms with Gasteiger partial charge in [0.25, 0.3) is 0 Å². The van der Waals surface area contributed by atoms with Gasteiger partial charge in [0.05, 0.1) is 6.54 Å². The monoisotopic (exact) mass is 360 g/mol. The minimum absolute atomic E-state index is 0.193. The van der Waals surface area contributed by atoms with Crippen molar-refractivity contribution in [2.24, 2.45) is 0 Å². The maximum Gasteiger partial charge on any atom is 0.314 e. The van der Waals surface area contributed by atoms with E-state index in [1.807, 2.05) is 42.5 Å². The fraction of sp³-hybridized carbons (Fsp3) is 0.350. The smallest absolute Gasteiger partial charge is 0.314 e. The van der Waals surface area contributed by atoms with Crippen LogP contribution in [0, 0.1) is 0 Å². The highest BCUT2D eigenvalue weighted by atomic mass is 35.5. The third-order valence-electron chi connectivity index (χ3n) is 3.77. The SMILES string of the molecule is CC(C)c1cccc(OCCNC(=O)NCCc2cccc(Cl)c2)c1. The van der Waals surface area contributed by atoms with Gasteiger partial charge in [-0.2, -0.15) is 0 Å². The Morgan fingerprint density at radius 2 is 1.84 bits per heavy atom. The van der Waals surface area contributed by atoms with E-state index in [0.29, 0.717) is 30.6 Å². The molecule has 4 nitrogen and oxygen atoms in total. The second-order valence-corrected chi connectivity index (χ2v) is 6.57. The summed E-state index contributed by atoms with van der Waals surface area (Å²) in [4.78, 5) is 11.8. The third kappa shape index (κ3) is 7.06. The molecule has 2 N–H and O–H groups in total. The first kappa shape index (κ1) is 19.1. The molecule has 0 bridgehead atoms. The molecule has 0 aliphatic rings. The number of nitrogens with one attached hydrogen (secondary N) is 2. The molecule has 134 valence electrons. The Morgan fingerprint density at radius 1 is 1.08 bits per heavy atom. The average Bonchev–Trinajstić information content (AvgIpc) is 2.59. The minimum Gasteiger partial charge on any atom is -0.492 e. The van der Waals surface area contributed by atoms with Gasteiger partial charge in [0.15, 0.2) is 0 Å². The van der Waals surface area contributed by atoms with Crippen molar-refractivity contribution in [3.05, 3.63) is 64.7 Å². The second-order valence-electron chi connectivity index (χ2n) is 6.14. The van der Waals surface area contributed by atoms with E-state index in [1.165, 1.54) is 5.56 Å². The van der Waals surface area contributed by atoms with Gasteiger partial charge < -0.3 is 15.4 Å². The molecular weight excluding hydrogens is 336 g/mol. The summed E-state index contributed by atoms with van der Waals surface area (Å²) in [6, 6.07) is 15.5. The van der Waals surface area contributed by atoms with Crippen LogP contribution in [0.3, 0.4) is 0 Å². The molecule has 0 saturated heterocycles. The van der Waals surface area contributed by atoms with E-state index in [2.05, 4.69) is 30.5 Å². The lowest BCUT2D eigenvalue weighted by molar-refractivity contribution is 0.236. The van der Waals surface area contributed by atoms with Gasteiger partial charge in [-0.3, -0.25) is 0 Å². The summed E-state index contributed by atoms with van der Waals surface area (Å²) in [6.07, 6.45) is 0.743. The van der Waals surface area contributed by atoms with Gasteiger partial charge in [-0.1, -0.05) is 49.7 Å². The van der Waals surface area contributed by atoms with Crippen molar-refractivity contribution >= 4 is 17.6 Å². The van der Waals surface area contributed by atoms with Crippen LogP contribution in [0.4, 0.5) is 4.79 Å². The molecule has 0 spiro atoms. The molecule has 0 aromatic heterocycles. The summed E-state index contributed by atoms with van der Waals surface area (Å²) >= 11 is 5.93. The number of amides is 2. The standard InChI is InChI=1S/C20H25ClN2O2/c1-15(2)17-6-4-8-19(14-17)25-12-11-23-20(24)22-10-9-16-5-3-7-18(21)13-16/h3-8,13-15H,9-12H2,1-2H3,(H2,22,23,24). The Bertz CT molecular complexity index is 689. The molecule has 2 aromatic rings. The molecule has 0 heterocycles. The third-order valence-corrected chi connectivity index (χ3v) is 4.00. The molecule has 0 saturated carbocycles. The van der Waals surface area contributed by atoms with E-state index in [9.17, 15) is 4.79 Å². The van der Waals surface area contributed by atoms with Crippen molar-refractivity contribution in [1.29, 1.82) is 0 Å². The summed E-state index contributed by atoms with van der Waals surface area (Å²) in [5.41, 5.74) is 2.34. The van der Waals surface area contributed by atoms with Crippen LogP contribution >= 0.6 is 11.6 Å². The van der Waals surface area contributed by atoms with Gasteiger partial charge in [-0.25, -0.2) is 4.79 Å². The highest BCUT2D eigenvalue weighted by molar-refractivity contribution is 6.30. The van der Waals surface area contributed by atoms with E-state index in [-0.39, 0.29) is 6.03 Å².